The minimum Gasteiger partial charge on any atom is -0.351 e. The summed E-state index contributed by atoms with van der Waals surface area (Å²) in [5, 5.41) is 0. The topological polar surface area (TPSA) is 47.9 Å². The second-order valence-electron chi connectivity index (χ2n) is 6.10. The van der Waals surface area contributed by atoms with Gasteiger partial charge in [-0.15, -0.1) is 0 Å². The van der Waals surface area contributed by atoms with Crippen molar-refractivity contribution in [3.05, 3.63) is 126 Å². The number of benzene rings is 1. The molecule has 0 aliphatic carbocycles. The fraction of sp³-hybridized carbons (Fsp3) is 0.0870. The van der Waals surface area contributed by atoms with Gasteiger partial charge in [0.1, 0.15) is 0 Å². The maximum atomic E-state index is 6.59. The lowest BCUT2D eigenvalue weighted by Gasteiger charge is -2.32. The summed E-state index contributed by atoms with van der Waals surface area (Å²) >= 11 is 0. The molecule has 0 radical (unpaired) electrons. The highest BCUT2D eigenvalue weighted by Crippen LogP contribution is 2.37. The van der Waals surface area contributed by atoms with E-state index < -0.39 is 5.60 Å². The molecule has 3 aromatic heterocycles. The first kappa shape index (κ1) is 17.1. The molecule has 0 aliphatic rings. The number of ether oxygens (including phenoxy) is 1. The van der Waals surface area contributed by atoms with E-state index in [1.54, 1.807) is 18.6 Å². The number of nitrogens with zero attached hydrogens (tertiary/aromatic N) is 3. The summed E-state index contributed by atoms with van der Waals surface area (Å²) in [4.78, 5) is 13.8. The molecule has 27 heavy (non-hydrogen) atoms. The summed E-state index contributed by atoms with van der Waals surface area (Å²) in [7, 11) is 0. The molecule has 0 saturated carbocycles. The van der Waals surface area contributed by atoms with E-state index in [4.69, 9.17) is 4.74 Å². The van der Waals surface area contributed by atoms with Gasteiger partial charge < -0.3 is 4.74 Å². The van der Waals surface area contributed by atoms with Crippen LogP contribution >= 0.6 is 0 Å². The van der Waals surface area contributed by atoms with Crippen molar-refractivity contribution < 1.29 is 4.74 Å². The van der Waals surface area contributed by atoms with Gasteiger partial charge in [0.15, 0.2) is 5.60 Å². The Morgan fingerprint density at radius 2 is 1.00 bits per heavy atom. The molecule has 1 aromatic carbocycles. The van der Waals surface area contributed by atoms with Crippen LogP contribution < -0.4 is 0 Å². The van der Waals surface area contributed by atoms with Gasteiger partial charge in [0.2, 0.25) is 0 Å². The van der Waals surface area contributed by atoms with Crippen LogP contribution in [0, 0.1) is 0 Å². The summed E-state index contributed by atoms with van der Waals surface area (Å²) in [6, 6.07) is 27.5. The number of aromatic nitrogens is 3. The minimum atomic E-state index is -1.00. The van der Waals surface area contributed by atoms with E-state index in [1.165, 1.54) is 0 Å². The second-order valence-corrected chi connectivity index (χ2v) is 6.10. The van der Waals surface area contributed by atoms with Crippen molar-refractivity contribution in [3.63, 3.8) is 0 Å². The van der Waals surface area contributed by atoms with Crippen LogP contribution in [0.4, 0.5) is 0 Å². The average Bonchev–Trinajstić information content (AvgIpc) is 2.77. The molecule has 4 heteroatoms. The smallest absolute Gasteiger partial charge is 0.194 e. The molecule has 0 spiro atoms. The first-order valence-electron chi connectivity index (χ1n) is 8.82. The van der Waals surface area contributed by atoms with Gasteiger partial charge >= 0.3 is 0 Å². The summed E-state index contributed by atoms with van der Waals surface area (Å²) in [5.74, 6) is 0. The normalized spacial score (nSPS) is 11.3. The van der Waals surface area contributed by atoms with Gasteiger partial charge in [-0.05, 0) is 42.0 Å². The van der Waals surface area contributed by atoms with Gasteiger partial charge in [-0.2, -0.15) is 0 Å². The van der Waals surface area contributed by atoms with Crippen LogP contribution in [0.1, 0.15) is 22.6 Å². The van der Waals surface area contributed by atoms with E-state index in [-0.39, 0.29) is 0 Å². The standard InChI is InChI=1S/C23H19N3O/c1-2-10-19(11-3-1)18-27-23(20-12-4-7-15-24-20,21-13-5-8-16-25-21)22-14-6-9-17-26-22/h1-17H,18H2. The van der Waals surface area contributed by atoms with Crippen molar-refractivity contribution in [1.29, 1.82) is 0 Å². The van der Waals surface area contributed by atoms with Crippen LogP contribution in [0.15, 0.2) is 104 Å². The van der Waals surface area contributed by atoms with E-state index >= 15 is 0 Å². The second kappa shape index (κ2) is 7.89. The van der Waals surface area contributed by atoms with Crippen molar-refractivity contribution >= 4 is 0 Å². The Morgan fingerprint density at radius 1 is 0.556 bits per heavy atom. The monoisotopic (exact) mass is 353 g/mol. The maximum Gasteiger partial charge on any atom is 0.194 e. The van der Waals surface area contributed by atoms with Crippen LogP contribution in [-0.4, -0.2) is 15.0 Å². The first-order valence-corrected chi connectivity index (χ1v) is 8.82. The zero-order valence-electron chi connectivity index (χ0n) is 14.8. The van der Waals surface area contributed by atoms with Crippen molar-refractivity contribution in [1.82, 2.24) is 15.0 Å². The minimum absolute atomic E-state index is 0.407. The summed E-state index contributed by atoms with van der Waals surface area (Å²) in [5.41, 5.74) is 2.32. The summed E-state index contributed by atoms with van der Waals surface area (Å²) < 4.78 is 6.59. The first-order chi connectivity index (χ1) is 13.4. The molecule has 0 amide bonds. The van der Waals surface area contributed by atoms with Crippen molar-refractivity contribution in [2.75, 3.05) is 0 Å². The number of hydrogen-bond donors (Lipinski definition) is 0. The quantitative estimate of drug-likeness (QED) is 0.516. The molecular formula is C23H19N3O. The van der Waals surface area contributed by atoms with Crippen molar-refractivity contribution in [2.24, 2.45) is 0 Å². The lowest BCUT2D eigenvalue weighted by molar-refractivity contribution is -0.00867. The largest absolute Gasteiger partial charge is 0.351 e. The predicted octanol–water partition coefficient (Wildman–Crippen LogP) is 4.38. The van der Waals surface area contributed by atoms with Gasteiger partial charge in [0.25, 0.3) is 0 Å². The predicted molar refractivity (Wildman–Crippen MR) is 104 cm³/mol. The average molecular weight is 353 g/mol. The van der Waals surface area contributed by atoms with Crippen LogP contribution in [0.2, 0.25) is 0 Å². The highest BCUT2D eigenvalue weighted by molar-refractivity contribution is 5.39. The molecule has 4 aromatic rings. The van der Waals surface area contributed by atoms with E-state index in [1.807, 2.05) is 84.9 Å². The third-order valence-corrected chi connectivity index (χ3v) is 4.37. The van der Waals surface area contributed by atoms with Gasteiger partial charge in [-0.3, -0.25) is 15.0 Å². The molecule has 0 fully saturated rings. The highest BCUT2D eigenvalue weighted by atomic mass is 16.5. The molecule has 0 atom stereocenters. The van der Waals surface area contributed by atoms with Gasteiger partial charge in [0.05, 0.1) is 23.7 Å². The van der Waals surface area contributed by atoms with Gasteiger partial charge in [-0.1, -0.05) is 48.5 Å². The molecule has 132 valence electrons. The van der Waals surface area contributed by atoms with E-state index in [9.17, 15) is 0 Å². The Hall–Kier alpha value is -3.37. The Balaban J connectivity index is 1.89. The molecule has 0 unspecified atom stereocenters. The van der Waals surface area contributed by atoms with Gasteiger partial charge in [0, 0.05) is 18.6 Å². The fourth-order valence-electron chi connectivity index (χ4n) is 3.09. The third kappa shape index (κ3) is 3.48. The zero-order chi connectivity index (χ0) is 18.4. The number of pyridine rings is 3. The molecule has 4 rings (SSSR count). The van der Waals surface area contributed by atoms with E-state index in [0.717, 1.165) is 22.6 Å². The Morgan fingerprint density at radius 3 is 1.41 bits per heavy atom. The third-order valence-electron chi connectivity index (χ3n) is 4.37. The molecule has 0 aliphatic heterocycles. The lowest BCUT2D eigenvalue weighted by Crippen LogP contribution is -2.35. The molecule has 3 heterocycles. The Kier molecular flexibility index (Phi) is 4.99. The fourth-order valence-corrected chi connectivity index (χ4v) is 3.09. The highest BCUT2D eigenvalue weighted by Gasteiger charge is 2.41. The Labute approximate surface area is 158 Å². The molecular weight excluding hydrogens is 334 g/mol. The maximum absolute atomic E-state index is 6.59. The van der Waals surface area contributed by atoms with E-state index in [2.05, 4.69) is 15.0 Å². The van der Waals surface area contributed by atoms with Crippen LogP contribution in [0.3, 0.4) is 0 Å². The van der Waals surface area contributed by atoms with Crippen LogP contribution in [0.5, 0.6) is 0 Å². The summed E-state index contributed by atoms with van der Waals surface area (Å²) in [6.07, 6.45) is 5.30. The van der Waals surface area contributed by atoms with Crippen molar-refractivity contribution in [2.45, 2.75) is 12.2 Å². The SMILES string of the molecule is c1ccc(COC(c2ccccn2)(c2ccccn2)c2ccccn2)cc1. The molecule has 0 N–H and O–H groups in total. The van der Waals surface area contributed by atoms with Crippen LogP contribution in [0.25, 0.3) is 0 Å². The van der Waals surface area contributed by atoms with E-state index in [0.29, 0.717) is 6.61 Å². The number of hydrogen-bond acceptors (Lipinski definition) is 4. The van der Waals surface area contributed by atoms with Crippen molar-refractivity contribution in [3.8, 4) is 0 Å². The zero-order valence-corrected chi connectivity index (χ0v) is 14.8. The Bertz CT molecular complexity index is 865. The number of rotatable bonds is 6. The molecule has 0 bridgehead atoms. The lowest BCUT2D eigenvalue weighted by atomic mass is 9.89. The van der Waals surface area contributed by atoms with Gasteiger partial charge in [-0.25, -0.2) is 0 Å². The van der Waals surface area contributed by atoms with Crippen LogP contribution in [-0.2, 0) is 16.9 Å². The molecule has 4 nitrogen and oxygen atoms in total. The summed E-state index contributed by atoms with van der Waals surface area (Å²) in [6.45, 7) is 0.407. The molecule has 0 saturated heterocycles.